The van der Waals surface area contributed by atoms with Gasteiger partial charge in [-0.2, -0.15) is 0 Å². The number of aliphatic hydroxyl groups excluding tert-OH is 1. The zero-order valence-corrected chi connectivity index (χ0v) is 17.3. The van der Waals surface area contributed by atoms with Crippen LogP contribution in [0.2, 0.25) is 0 Å². The van der Waals surface area contributed by atoms with Gasteiger partial charge >= 0.3 is 5.97 Å². The zero-order chi connectivity index (χ0) is 20.8. The molecule has 2 aromatic rings. The summed E-state index contributed by atoms with van der Waals surface area (Å²) in [6.45, 7) is 6.64. The predicted octanol–water partition coefficient (Wildman–Crippen LogP) is 1.52. The first-order valence-electron chi connectivity index (χ1n) is 9.03. The third kappa shape index (κ3) is 4.90. The first kappa shape index (κ1) is 21.9. The highest BCUT2D eigenvalue weighted by molar-refractivity contribution is 7.99. The zero-order valence-electron chi connectivity index (χ0n) is 16.5. The molecule has 0 spiro atoms. The number of ether oxygens (including phenoxy) is 1. The van der Waals surface area contributed by atoms with E-state index in [1.807, 2.05) is 13.8 Å². The summed E-state index contributed by atoms with van der Waals surface area (Å²) in [4.78, 5) is 43.2. The fourth-order valence-electron chi connectivity index (χ4n) is 2.77. The van der Waals surface area contributed by atoms with Gasteiger partial charge in [-0.3, -0.25) is 14.2 Å². The molecule has 0 aliphatic rings. The molecule has 9 heteroatoms. The quantitative estimate of drug-likeness (QED) is 0.402. The van der Waals surface area contributed by atoms with Crippen molar-refractivity contribution in [1.29, 1.82) is 0 Å². The number of methoxy groups -OCH3 is 1. The standard InChI is InChI=1S/C19H25N3O5S/c1-5-21(6-2)16(24)11-28-19-20-15-9-13(18(26)27-4)7-8-14(15)17(25)22(19)10-12(3)23/h7-9,12,23H,5-6,10-11H2,1-4H3/t12-/m0/s1. The van der Waals surface area contributed by atoms with Crippen LogP contribution in [-0.4, -0.2) is 63.5 Å². The molecule has 0 aliphatic carbocycles. The Hall–Kier alpha value is -2.39. The van der Waals surface area contributed by atoms with Crippen molar-refractivity contribution in [3.63, 3.8) is 0 Å². The maximum absolute atomic E-state index is 12.9. The minimum absolute atomic E-state index is 0.0579. The molecule has 0 saturated heterocycles. The van der Waals surface area contributed by atoms with E-state index in [2.05, 4.69) is 4.98 Å². The molecular weight excluding hydrogens is 382 g/mol. The Morgan fingerprint density at radius 1 is 1.32 bits per heavy atom. The third-order valence-electron chi connectivity index (χ3n) is 4.23. The van der Waals surface area contributed by atoms with E-state index in [4.69, 9.17) is 4.74 Å². The second kappa shape index (κ2) is 9.70. The van der Waals surface area contributed by atoms with Crippen molar-refractivity contribution in [3.05, 3.63) is 34.1 Å². The van der Waals surface area contributed by atoms with Crippen molar-refractivity contribution in [3.8, 4) is 0 Å². The molecule has 0 bridgehead atoms. The Morgan fingerprint density at radius 3 is 2.57 bits per heavy atom. The van der Waals surface area contributed by atoms with E-state index >= 15 is 0 Å². The molecule has 1 aromatic heterocycles. The average Bonchev–Trinajstić information content (AvgIpc) is 2.68. The fourth-order valence-corrected chi connectivity index (χ4v) is 3.69. The number of aliphatic hydroxyl groups is 1. The maximum atomic E-state index is 12.9. The van der Waals surface area contributed by atoms with Crippen LogP contribution in [0.25, 0.3) is 10.9 Å². The number of carbonyl (C=O) groups is 2. The van der Waals surface area contributed by atoms with Crippen molar-refractivity contribution in [2.45, 2.75) is 38.6 Å². The first-order valence-corrected chi connectivity index (χ1v) is 10.0. The second-order valence-corrected chi connectivity index (χ2v) is 7.18. The van der Waals surface area contributed by atoms with Crippen LogP contribution in [0.5, 0.6) is 0 Å². The Balaban J connectivity index is 2.49. The van der Waals surface area contributed by atoms with E-state index in [1.54, 1.807) is 11.8 Å². The number of carbonyl (C=O) groups excluding carboxylic acids is 2. The van der Waals surface area contributed by atoms with Gasteiger partial charge < -0.3 is 14.7 Å². The number of esters is 1. The molecule has 0 unspecified atom stereocenters. The first-order chi connectivity index (χ1) is 13.3. The number of amides is 1. The molecule has 1 atom stereocenters. The molecule has 1 heterocycles. The molecule has 1 aromatic carbocycles. The predicted molar refractivity (Wildman–Crippen MR) is 108 cm³/mol. The molecule has 152 valence electrons. The van der Waals surface area contributed by atoms with E-state index in [1.165, 1.54) is 29.9 Å². The summed E-state index contributed by atoms with van der Waals surface area (Å²) in [6, 6.07) is 4.51. The fraction of sp³-hybridized carbons (Fsp3) is 0.474. The number of hydrogen-bond donors (Lipinski definition) is 1. The minimum atomic E-state index is -0.760. The van der Waals surface area contributed by atoms with Crippen LogP contribution in [0.3, 0.4) is 0 Å². The Labute approximate surface area is 167 Å². The molecule has 1 amide bonds. The van der Waals surface area contributed by atoms with Crippen LogP contribution in [0.1, 0.15) is 31.1 Å². The molecular formula is C19H25N3O5S. The lowest BCUT2D eigenvalue weighted by Crippen LogP contribution is -2.32. The van der Waals surface area contributed by atoms with Gasteiger partial charge in [0.15, 0.2) is 5.16 Å². The van der Waals surface area contributed by atoms with Crippen molar-refractivity contribution < 1.29 is 19.4 Å². The summed E-state index contributed by atoms with van der Waals surface area (Å²) < 4.78 is 6.08. The Morgan fingerprint density at radius 2 is 2.00 bits per heavy atom. The van der Waals surface area contributed by atoms with Crippen LogP contribution in [0.15, 0.2) is 28.2 Å². The van der Waals surface area contributed by atoms with Crippen molar-refractivity contribution in [2.75, 3.05) is 26.0 Å². The van der Waals surface area contributed by atoms with Gasteiger partial charge in [-0.25, -0.2) is 9.78 Å². The molecule has 0 saturated carbocycles. The maximum Gasteiger partial charge on any atom is 0.337 e. The van der Waals surface area contributed by atoms with Crippen LogP contribution in [0, 0.1) is 0 Å². The SMILES string of the molecule is CCN(CC)C(=O)CSc1nc2cc(C(=O)OC)ccc2c(=O)n1C[C@H](C)O. The number of rotatable bonds is 8. The molecule has 2 rings (SSSR count). The van der Waals surface area contributed by atoms with Crippen LogP contribution in [-0.2, 0) is 16.1 Å². The average molecular weight is 407 g/mol. The summed E-state index contributed by atoms with van der Waals surface area (Å²) in [5, 5.41) is 10.4. The van der Waals surface area contributed by atoms with Crippen molar-refractivity contribution >= 4 is 34.5 Å². The van der Waals surface area contributed by atoms with Crippen LogP contribution < -0.4 is 5.56 Å². The highest BCUT2D eigenvalue weighted by Crippen LogP contribution is 2.20. The summed E-state index contributed by atoms with van der Waals surface area (Å²) in [5.74, 6) is -0.463. The molecule has 0 aliphatic heterocycles. The summed E-state index contributed by atoms with van der Waals surface area (Å²) in [7, 11) is 1.28. The summed E-state index contributed by atoms with van der Waals surface area (Å²) >= 11 is 1.14. The second-order valence-electron chi connectivity index (χ2n) is 6.24. The topological polar surface area (TPSA) is 102 Å². The third-order valence-corrected chi connectivity index (χ3v) is 5.19. The molecule has 0 fully saturated rings. The lowest BCUT2D eigenvalue weighted by Gasteiger charge is -2.19. The van der Waals surface area contributed by atoms with Crippen LogP contribution in [0.4, 0.5) is 0 Å². The Bertz CT molecular complexity index is 922. The number of nitrogens with zero attached hydrogens (tertiary/aromatic N) is 3. The summed E-state index contributed by atoms with van der Waals surface area (Å²) in [6.07, 6.45) is -0.760. The van der Waals surface area contributed by atoms with Gasteiger partial charge in [0.05, 0.1) is 42.0 Å². The van der Waals surface area contributed by atoms with E-state index in [-0.39, 0.29) is 29.3 Å². The number of fused-ring (bicyclic) bond motifs is 1. The lowest BCUT2D eigenvalue weighted by atomic mass is 10.1. The monoisotopic (exact) mass is 407 g/mol. The largest absolute Gasteiger partial charge is 0.465 e. The van der Waals surface area contributed by atoms with Gasteiger partial charge in [0, 0.05) is 13.1 Å². The van der Waals surface area contributed by atoms with Gasteiger partial charge in [0.25, 0.3) is 5.56 Å². The highest BCUT2D eigenvalue weighted by atomic mass is 32.2. The molecule has 0 radical (unpaired) electrons. The van der Waals surface area contributed by atoms with Gasteiger partial charge in [-0.1, -0.05) is 11.8 Å². The molecule has 28 heavy (non-hydrogen) atoms. The molecule has 1 N–H and O–H groups in total. The number of hydrogen-bond acceptors (Lipinski definition) is 7. The normalized spacial score (nSPS) is 12.0. The van der Waals surface area contributed by atoms with E-state index in [0.29, 0.717) is 29.1 Å². The van der Waals surface area contributed by atoms with Crippen molar-refractivity contribution in [2.24, 2.45) is 0 Å². The van der Waals surface area contributed by atoms with Gasteiger partial charge in [0.2, 0.25) is 5.91 Å². The minimum Gasteiger partial charge on any atom is -0.465 e. The van der Waals surface area contributed by atoms with E-state index in [9.17, 15) is 19.5 Å². The smallest absolute Gasteiger partial charge is 0.337 e. The number of benzene rings is 1. The van der Waals surface area contributed by atoms with E-state index in [0.717, 1.165) is 11.8 Å². The van der Waals surface area contributed by atoms with Crippen LogP contribution >= 0.6 is 11.8 Å². The lowest BCUT2D eigenvalue weighted by molar-refractivity contribution is -0.127. The van der Waals surface area contributed by atoms with Gasteiger partial charge in [0.1, 0.15) is 0 Å². The van der Waals surface area contributed by atoms with Gasteiger partial charge in [-0.05, 0) is 39.0 Å². The number of thioether (sulfide) groups is 1. The van der Waals surface area contributed by atoms with Gasteiger partial charge in [-0.15, -0.1) is 0 Å². The highest BCUT2D eigenvalue weighted by Gasteiger charge is 2.17. The number of aromatic nitrogens is 2. The summed E-state index contributed by atoms with van der Waals surface area (Å²) in [5.41, 5.74) is 0.290. The van der Waals surface area contributed by atoms with E-state index < -0.39 is 12.1 Å². The molecule has 8 nitrogen and oxygen atoms in total. The Kier molecular flexibility index (Phi) is 7.59. The van der Waals surface area contributed by atoms with Crippen molar-refractivity contribution in [1.82, 2.24) is 14.5 Å².